The van der Waals surface area contributed by atoms with Crippen LogP contribution in [0.1, 0.15) is 24.0 Å². The van der Waals surface area contributed by atoms with Crippen molar-refractivity contribution in [3.05, 3.63) is 28.3 Å². The number of hydrogen-bond acceptors (Lipinski definition) is 3. The predicted molar refractivity (Wildman–Crippen MR) is 84.8 cm³/mol. The summed E-state index contributed by atoms with van der Waals surface area (Å²) in [6.07, 6.45) is 2.42. The normalized spacial score (nSPS) is 16.4. The molecule has 0 heterocycles. The van der Waals surface area contributed by atoms with E-state index < -0.39 is 20.6 Å². The molecule has 1 aliphatic rings. The number of rotatable bonds is 4. The molecule has 0 spiro atoms. The molecular weight excluding hydrogens is 312 g/mol. The van der Waals surface area contributed by atoms with Crippen LogP contribution in [0.5, 0.6) is 0 Å². The minimum Gasteiger partial charge on any atom is -0.336 e. The van der Waals surface area contributed by atoms with Crippen molar-refractivity contribution in [3.8, 4) is 0 Å². The molecule has 21 heavy (non-hydrogen) atoms. The number of hydrogen-bond donors (Lipinski definition) is 2. The minimum atomic E-state index is -3.14. The maximum absolute atomic E-state index is 11.9. The first-order valence-electron chi connectivity index (χ1n) is 6.66. The number of sulfone groups is 1. The maximum Gasteiger partial charge on any atom is 0.319 e. The van der Waals surface area contributed by atoms with Crippen molar-refractivity contribution in [1.29, 1.82) is 0 Å². The quantitative estimate of drug-likeness (QED) is 0.891. The van der Waals surface area contributed by atoms with Gasteiger partial charge >= 0.3 is 6.03 Å². The van der Waals surface area contributed by atoms with Crippen LogP contribution in [0.25, 0.3) is 0 Å². The highest BCUT2D eigenvalue weighted by atomic mass is 35.5. The average molecular weight is 331 g/mol. The third kappa shape index (κ3) is 3.49. The molecule has 1 aromatic rings. The molecular formula is C14H19ClN2O3S. The topological polar surface area (TPSA) is 75.3 Å². The second kappa shape index (κ2) is 5.50. The number of urea groups is 1. The van der Waals surface area contributed by atoms with Gasteiger partial charge in [0.05, 0.1) is 4.75 Å². The zero-order valence-corrected chi connectivity index (χ0v) is 13.9. The van der Waals surface area contributed by atoms with Gasteiger partial charge in [0.15, 0.2) is 9.84 Å². The molecule has 1 aliphatic carbocycles. The summed E-state index contributed by atoms with van der Waals surface area (Å²) >= 11 is 6.07. The lowest BCUT2D eigenvalue weighted by Crippen LogP contribution is -2.40. The van der Waals surface area contributed by atoms with Crippen LogP contribution in [0.4, 0.5) is 10.5 Å². The zero-order valence-electron chi connectivity index (χ0n) is 12.3. The van der Waals surface area contributed by atoms with Crippen molar-refractivity contribution in [1.82, 2.24) is 5.32 Å². The molecule has 5 nitrogen and oxygen atoms in total. The fraction of sp³-hybridized carbons (Fsp3) is 0.500. The predicted octanol–water partition coefficient (Wildman–Crippen LogP) is 2.66. The molecule has 116 valence electrons. The van der Waals surface area contributed by atoms with Crippen LogP contribution in [0.2, 0.25) is 5.02 Å². The van der Waals surface area contributed by atoms with Crippen molar-refractivity contribution in [2.75, 3.05) is 18.1 Å². The Bertz CT molecular complexity index is 658. The Morgan fingerprint density at radius 1 is 1.29 bits per heavy atom. The molecule has 0 bridgehead atoms. The van der Waals surface area contributed by atoms with Crippen LogP contribution in [0, 0.1) is 13.8 Å². The van der Waals surface area contributed by atoms with Crippen molar-refractivity contribution < 1.29 is 13.2 Å². The van der Waals surface area contributed by atoms with E-state index in [-0.39, 0.29) is 6.54 Å². The molecule has 0 aliphatic heterocycles. The van der Waals surface area contributed by atoms with Crippen LogP contribution in [0.15, 0.2) is 12.1 Å². The van der Waals surface area contributed by atoms with Gasteiger partial charge in [0.2, 0.25) is 0 Å². The van der Waals surface area contributed by atoms with Crippen molar-refractivity contribution in [2.24, 2.45) is 0 Å². The van der Waals surface area contributed by atoms with Gasteiger partial charge in [-0.25, -0.2) is 13.2 Å². The van der Waals surface area contributed by atoms with Crippen LogP contribution in [-0.2, 0) is 9.84 Å². The Morgan fingerprint density at radius 2 is 1.81 bits per heavy atom. The molecule has 1 saturated carbocycles. The summed E-state index contributed by atoms with van der Waals surface area (Å²) in [4.78, 5) is 11.9. The summed E-state index contributed by atoms with van der Waals surface area (Å²) in [5.41, 5.74) is 2.39. The van der Waals surface area contributed by atoms with E-state index in [1.807, 2.05) is 13.8 Å². The molecule has 0 aromatic heterocycles. The summed E-state index contributed by atoms with van der Waals surface area (Å²) in [5.74, 6) is 0. The van der Waals surface area contributed by atoms with E-state index in [0.29, 0.717) is 23.6 Å². The molecule has 2 rings (SSSR count). The second-order valence-corrected chi connectivity index (χ2v) is 8.48. The molecule has 0 unspecified atom stereocenters. The standard InChI is InChI=1S/C14H19ClN2O3S/c1-9-6-11(7-10(2)12(9)15)17-13(18)16-8-14(4-5-14)21(3,19)20/h6-7H,4-5,8H2,1-3H3,(H2,16,17,18). The van der Waals surface area contributed by atoms with Crippen LogP contribution in [0.3, 0.4) is 0 Å². The van der Waals surface area contributed by atoms with E-state index in [1.165, 1.54) is 6.26 Å². The van der Waals surface area contributed by atoms with E-state index in [9.17, 15) is 13.2 Å². The van der Waals surface area contributed by atoms with E-state index in [0.717, 1.165) is 11.1 Å². The van der Waals surface area contributed by atoms with Gasteiger partial charge in [0.25, 0.3) is 0 Å². The highest BCUT2D eigenvalue weighted by Gasteiger charge is 2.52. The summed E-state index contributed by atoms with van der Waals surface area (Å²) in [6, 6.07) is 3.14. The summed E-state index contributed by atoms with van der Waals surface area (Å²) in [5, 5.41) is 6.01. The number of amides is 2. The van der Waals surface area contributed by atoms with E-state index in [1.54, 1.807) is 12.1 Å². The van der Waals surface area contributed by atoms with Gasteiger partial charge < -0.3 is 10.6 Å². The highest BCUT2D eigenvalue weighted by molar-refractivity contribution is 7.92. The van der Waals surface area contributed by atoms with Crippen molar-refractivity contribution in [2.45, 2.75) is 31.4 Å². The van der Waals surface area contributed by atoms with Gasteiger partial charge in [-0.1, -0.05) is 11.6 Å². The fourth-order valence-electron chi connectivity index (χ4n) is 2.25. The largest absolute Gasteiger partial charge is 0.336 e. The number of benzene rings is 1. The monoisotopic (exact) mass is 330 g/mol. The minimum absolute atomic E-state index is 0.142. The zero-order chi connectivity index (χ0) is 15.8. The number of anilines is 1. The van der Waals surface area contributed by atoms with E-state index >= 15 is 0 Å². The lowest BCUT2D eigenvalue weighted by molar-refractivity contribution is 0.252. The number of carbonyl (C=O) groups is 1. The molecule has 1 fully saturated rings. The van der Waals surface area contributed by atoms with Crippen LogP contribution < -0.4 is 10.6 Å². The number of nitrogens with one attached hydrogen (secondary N) is 2. The summed E-state index contributed by atoms with van der Waals surface area (Å²) in [6.45, 7) is 3.87. The van der Waals surface area contributed by atoms with Gasteiger partial charge in [0.1, 0.15) is 0 Å². The lowest BCUT2D eigenvalue weighted by atomic mass is 10.1. The summed E-state index contributed by atoms with van der Waals surface area (Å²) < 4.78 is 22.5. The Hall–Kier alpha value is -1.27. The third-order valence-electron chi connectivity index (χ3n) is 3.86. The maximum atomic E-state index is 11.9. The van der Waals surface area contributed by atoms with Gasteiger partial charge in [-0.3, -0.25) is 0 Å². The molecule has 2 amide bonds. The average Bonchev–Trinajstić information content (AvgIpc) is 3.14. The molecule has 0 atom stereocenters. The van der Waals surface area contributed by atoms with Crippen LogP contribution >= 0.6 is 11.6 Å². The number of aryl methyl sites for hydroxylation is 2. The Kier molecular flexibility index (Phi) is 4.22. The molecule has 0 radical (unpaired) electrons. The van der Waals surface area contributed by atoms with Gasteiger partial charge in [-0.05, 0) is 49.9 Å². The number of carbonyl (C=O) groups excluding carboxylic acids is 1. The first-order valence-corrected chi connectivity index (χ1v) is 8.93. The Morgan fingerprint density at radius 3 is 2.24 bits per heavy atom. The molecule has 0 saturated heterocycles. The third-order valence-corrected chi connectivity index (χ3v) is 6.58. The van der Waals surface area contributed by atoms with Gasteiger partial charge in [0, 0.05) is 23.5 Å². The smallest absolute Gasteiger partial charge is 0.319 e. The van der Waals surface area contributed by atoms with E-state index in [2.05, 4.69) is 10.6 Å². The van der Waals surface area contributed by atoms with Crippen molar-refractivity contribution in [3.63, 3.8) is 0 Å². The second-order valence-electron chi connectivity index (χ2n) is 5.69. The first-order chi connectivity index (χ1) is 9.64. The molecule has 7 heteroatoms. The molecule has 2 N–H and O–H groups in total. The highest BCUT2D eigenvalue weighted by Crippen LogP contribution is 2.42. The fourth-order valence-corrected chi connectivity index (χ4v) is 3.54. The first kappa shape index (κ1) is 16.1. The summed E-state index contributed by atoms with van der Waals surface area (Å²) in [7, 11) is -3.14. The number of halogens is 1. The van der Waals surface area contributed by atoms with E-state index in [4.69, 9.17) is 11.6 Å². The Balaban J connectivity index is 1.97. The van der Waals surface area contributed by atoms with Crippen molar-refractivity contribution >= 4 is 33.2 Å². The SMILES string of the molecule is Cc1cc(NC(=O)NCC2(S(C)(=O)=O)CC2)cc(C)c1Cl. The van der Waals surface area contributed by atoms with Gasteiger partial charge in [-0.15, -0.1) is 0 Å². The lowest BCUT2D eigenvalue weighted by Gasteiger charge is -2.15. The Labute approximate surface area is 130 Å². The van der Waals surface area contributed by atoms with Gasteiger partial charge in [-0.2, -0.15) is 0 Å². The molecule has 1 aromatic carbocycles. The van der Waals surface area contributed by atoms with Crippen LogP contribution in [-0.4, -0.2) is 32.0 Å².